The van der Waals surface area contributed by atoms with Gasteiger partial charge in [0.1, 0.15) is 5.56 Å². The third kappa shape index (κ3) is 4.73. The summed E-state index contributed by atoms with van der Waals surface area (Å²) in [7, 11) is 0. The number of benzene rings is 2. The van der Waals surface area contributed by atoms with E-state index < -0.39 is 0 Å². The molecule has 2 aromatic carbocycles. The minimum Gasteiger partial charge on any atom is -0.436 e. The predicted octanol–water partition coefficient (Wildman–Crippen LogP) is 5.28. The van der Waals surface area contributed by atoms with Gasteiger partial charge in [0.2, 0.25) is 5.55 Å². The summed E-state index contributed by atoms with van der Waals surface area (Å²) in [6, 6.07) is 17.0. The molecule has 2 heterocycles. The van der Waals surface area contributed by atoms with E-state index in [0.29, 0.717) is 33.6 Å². The molecule has 162 valence electrons. The Kier molecular flexibility index (Phi) is 6.66. The monoisotopic (exact) mass is 539 g/mol. The Labute approximate surface area is 199 Å². The van der Waals surface area contributed by atoms with E-state index in [-0.39, 0.29) is 23.6 Å². The summed E-state index contributed by atoms with van der Waals surface area (Å²) in [5, 5.41) is 13.3. The van der Waals surface area contributed by atoms with Crippen LogP contribution < -0.4 is 10.9 Å². The van der Waals surface area contributed by atoms with Crippen LogP contribution in [0.2, 0.25) is 0 Å². The largest absolute Gasteiger partial charge is 0.436 e. The van der Waals surface area contributed by atoms with Crippen molar-refractivity contribution < 1.29 is 14.3 Å². The highest BCUT2D eigenvalue weighted by Crippen LogP contribution is 2.22. The molecule has 2 aromatic heterocycles. The van der Waals surface area contributed by atoms with Gasteiger partial charge in [-0.2, -0.15) is 0 Å². The van der Waals surface area contributed by atoms with Crippen LogP contribution in [-0.4, -0.2) is 16.0 Å². The molecule has 0 bridgehead atoms. The zero-order valence-electron chi connectivity index (χ0n) is 17.7. The Hall–Kier alpha value is -3.04. The molecule has 0 spiro atoms. The van der Waals surface area contributed by atoms with E-state index in [9.17, 15) is 9.90 Å². The molecule has 6 nitrogen and oxygen atoms in total. The molecule has 1 amide bonds. The summed E-state index contributed by atoms with van der Waals surface area (Å²) < 4.78 is 7.17. The Morgan fingerprint density at radius 3 is 2.53 bits per heavy atom. The zero-order chi connectivity index (χ0) is 22.7. The van der Waals surface area contributed by atoms with Crippen molar-refractivity contribution in [1.82, 2.24) is 4.98 Å². The van der Waals surface area contributed by atoms with Crippen LogP contribution in [0, 0.1) is 10.5 Å². The van der Waals surface area contributed by atoms with E-state index in [4.69, 9.17) is 4.42 Å². The number of nitrogens with one attached hydrogen (secondary N) is 1. The third-order valence-electron chi connectivity index (χ3n) is 5.14. The first kappa shape index (κ1) is 22.2. The smallest absolute Gasteiger partial charge is 0.261 e. The fraction of sp³-hybridized carbons (Fsp3) is 0.160. The van der Waals surface area contributed by atoms with Crippen LogP contribution in [0.15, 0.2) is 70.2 Å². The lowest BCUT2D eigenvalue weighted by molar-refractivity contribution is 0.102. The topological polar surface area (TPSA) is 87.7 Å². The van der Waals surface area contributed by atoms with Crippen LogP contribution in [0.4, 0.5) is 11.4 Å². The SMILES string of the molecule is CCc1ccc(N=c2oc3c(C)ncc(CO)c3cc2C(=O)Nc2ccc(I)cc2)cc1. The third-order valence-corrected chi connectivity index (χ3v) is 5.86. The van der Waals surface area contributed by atoms with Gasteiger partial charge in [0, 0.05) is 26.4 Å². The molecule has 0 unspecified atom stereocenters. The van der Waals surface area contributed by atoms with Crippen LogP contribution in [0.5, 0.6) is 0 Å². The second-order valence-electron chi connectivity index (χ2n) is 7.33. The lowest BCUT2D eigenvalue weighted by Gasteiger charge is -2.10. The highest BCUT2D eigenvalue weighted by Gasteiger charge is 2.16. The highest BCUT2D eigenvalue weighted by atomic mass is 127. The molecule has 0 saturated heterocycles. The summed E-state index contributed by atoms with van der Waals surface area (Å²) in [5.74, 6) is -0.348. The maximum atomic E-state index is 13.2. The number of carbonyl (C=O) groups is 1. The van der Waals surface area contributed by atoms with Crippen molar-refractivity contribution in [2.75, 3.05) is 5.32 Å². The van der Waals surface area contributed by atoms with Gasteiger partial charge in [-0.3, -0.25) is 9.78 Å². The van der Waals surface area contributed by atoms with Crippen molar-refractivity contribution in [2.45, 2.75) is 26.9 Å². The molecule has 0 atom stereocenters. The number of amides is 1. The van der Waals surface area contributed by atoms with E-state index in [1.807, 2.05) is 55.5 Å². The van der Waals surface area contributed by atoms with E-state index in [2.05, 4.69) is 44.8 Å². The maximum Gasteiger partial charge on any atom is 0.261 e. The van der Waals surface area contributed by atoms with E-state index in [0.717, 1.165) is 9.99 Å². The Morgan fingerprint density at radius 1 is 1.16 bits per heavy atom. The van der Waals surface area contributed by atoms with Gasteiger partial charge in [-0.05, 0) is 84.0 Å². The van der Waals surface area contributed by atoms with Crippen LogP contribution >= 0.6 is 22.6 Å². The molecule has 4 rings (SSSR count). The first-order valence-corrected chi connectivity index (χ1v) is 11.3. The molecular weight excluding hydrogens is 517 g/mol. The number of aliphatic hydroxyl groups excluding tert-OH is 1. The summed E-state index contributed by atoms with van der Waals surface area (Å²) >= 11 is 2.21. The van der Waals surface area contributed by atoms with Crippen molar-refractivity contribution in [3.8, 4) is 0 Å². The number of nitrogens with zero attached hydrogens (tertiary/aromatic N) is 2. The van der Waals surface area contributed by atoms with Gasteiger partial charge in [-0.15, -0.1) is 0 Å². The number of hydrogen-bond acceptors (Lipinski definition) is 5. The summed E-state index contributed by atoms with van der Waals surface area (Å²) in [4.78, 5) is 22.2. The van der Waals surface area contributed by atoms with Crippen molar-refractivity contribution in [3.05, 3.63) is 92.3 Å². The first-order chi connectivity index (χ1) is 15.5. The second kappa shape index (κ2) is 9.62. The fourth-order valence-corrected chi connectivity index (χ4v) is 3.67. The Balaban J connectivity index is 1.89. The number of rotatable bonds is 5. The molecule has 32 heavy (non-hydrogen) atoms. The number of anilines is 1. The molecule has 0 aliphatic rings. The van der Waals surface area contributed by atoms with Gasteiger partial charge in [0.25, 0.3) is 5.91 Å². The number of aromatic nitrogens is 1. The molecule has 7 heteroatoms. The average Bonchev–Trinajstić information content (AvgIpc) is 2.81. The number of aliphatic hydroxyl groups is 1. The minimum atomic E-state index is -0.348. The van der Waals surface area contributed by atoms with Gasteiger partial charge >= 0.3 is 0 Å². The molecular formula is C25H22IN3O3. The molecule has 0 fully saturated rings. The van der Waals surface area contributed by atoms with Gasteiger partial charge in [-0.25, -0.2) is 4.99 Å². The number of pyridine rings is 1. The number of aryl methyl sites for hydroxylation is 2. The molecule has 4 aromatic rings. The standard InChI is InChI=1S/C25H22IN3O3/c1-3-16-4-8-20(9-5-16)29-25-22(24(31)28-19-10-6-18(26)7-11-19)12-21-17(14-30)13-27-15(2)23(21)32-25/h4-13,30H,3,14H2,1-2H3,(H,28,31). The van der Waals surface area contributed by atoms with Crippen LogP contribution in [-0.2, 0) is 13.0 Å². The lowest BCUT2D eigenvalue weighted by Crippen LogP contribution is -2.22. The van der Waals surface area contributed by atoms with Crippen LogP contribution in [0.3, 0.4) is 0 Å². The number of hydrogen-bond donors (Lipinski definition) is 2. The van der Waals surface area contributed by atoms with Gasteiger partial charge in [0.05, 0.1) is 18.0 Å². The van der Waals surface area contributed by atoms with E-state index >= 15 is 0 Å². The normalized spacial score (nSPS) is 11.7. The molecule has 0 aliphatic carbocycles. The van der Waals surface area contributed by atoms with E-state index in [1.165, 1.54) is 5.56 Å². The number of carbonyl (C=O) groups excluding carboxylic acids is 1. The molecule has 0 saturated carbocycles. The summed E-state index contributed by atoms with van der Waals surface area (Å²) in [5.41, 5.74) is 4.73. The second-order valence-corrected chi connectivity index (χ2v) is 8.57. The predicted molar refractivity (Wildman–Crippen MR) is 133 cm³/mol. The molecule has 0 radical (unpaired) electrons. The van der Waals surface area contributed by atoms with Crippen molar-refractivity contribution in [1.29, 1.82) is 0 Å². The van der Waals surface area contributed by atoms with Crippen molar-refractivity contribution >= 4 is 50.8 Å². The van der Waals surface area contributed by atoms with Gasteiger partial charge in [-0.1, -0.05) is 19.1 Å². The fourth-order valence-electron chi connectivity index (χ4n) is 3.32. The number of fused-ring (bicyclic) bond motifs is 1. The summed E-state index contributed by atoms with van der Waals surface area (Å²) in [6.45, 7) is 3.69. The lowest BCUT2D eigenvalue weighted by atomic mass is 10.1. The van der Waals surface area contributed by atoms with Crippen molar-refractivity contribution in [2.24, 2.45) is 4.99 Å². The van der Waals surface area contributed by atoms with Crippen molar-refractivity contribution in [3.63, 3.8) is 0 Å². The quantitative estimate of drug-likeness (QED) is 0.338. The van der Waals surface area contributed by atoms with Crippen LogP contribution in [0.1, 0.15) is 34.1 Å². The first-order valence-electron chi connectivity index (χ1n) is 10.2. The van der Waals surface area contributed by atoms with Crippen LogP contribution in [0.25, 0.3) is 11.0 Å². The maximum absolute atomic E-state index is 13.2. The van der Waals surface area contributed by atoms with Gasteiger partial charge < -0.3 is 14.8 Å². The Bertz CT molecular complexity index is 1340. The molecule has 2 N–H and O–H groups in total. The summed E-state index contributed by atoms with van der Waals surface area (Å²) in [6.07, 6.45) is 2.52. The zero-order valence-corrected chi connectivity index (χ0v) is 19.9. The minimum absolute atomic E-state index is 0.185. The Morgan fingerprint density at radius 2 is 1.88 bits per heavy atom. The average molecular weight is 539 g/mol. The highest BCUT2D eigenvalue weighted by molar-refractivity contribution is 14.1. The number of halogens is 1. The van der Waals surface area contributed by atoms with Gasteiger partial charge in [0.15, 0.2) is 5.58 Å². The molecule has 0 aliphatic heterocycles. The van der Waals surface area contributed by atoms with E-state index in [1.54, 1.807) is 12.3 Å².